The summed E-state index contributed by atoms with van der Waals surface area (Å²) in [6, 6.07) is 0. The first-order valence-electron chi connectivity index (χ1n) is 0. The third-order valence-electron chi connectivity index (χ3n) is 0. The third kappa shape index (κ3) is 36.0. The SMILES string of the molecule is O.O.[CaH2].[La].[Mn].[Mn].[SrH2]. The van der Waals surface area contributed by atoms with Gasteiger partial charge in [0.05, 0.1) is 0 Å². The fourth-order valence-corrected chi connectivity index (χ4v) is 0. The van der Waals surface area contributed by atoms with E-state index < -0.39 is 0 Å². The van der Waals surface area contributed by atoms with Crippen molar-refractivity contribution < 1.29 is 80.7 Å². The molecule has 0 aliphatic heterocycles. The summed E-state index contributed by atoms with van der Waals surface area (Å²) in [5.41, 5.74) is 0. The summed E-state index contributed by atoms with van der Waals surface area (Å²) in [6.07, 6.45) is 0. The van der Waals surface area contributed by atoms with Crippen LogP contribution in [0, 0.1) is 35.6 Å². The number of hydrogen-bond donors (Lipinski definition) is 0. The molecule has 4 N–H and O–H groups in total. The average molecular weight is 417 g/mol. The molecule has 0 unspecified atom stereocenters. The van der Waals surface area contributed by atoms with E-state index >= 15 is 0 Å². The van der Waals surface area contributed by atoms with Crippen LogP contribution in [0.1, 0.15) is 0 Å². The van der Waals surface area contributed by atoms with E-state index in [4.69, 9.17) is 0 Å². The van der Waals surface area contributed by atoms with Crippen molar-refractivity contribution in [2.24, 2.45) is 0 Å². The molecule has 7 heavy (non-hydrogen) atoms. The van der Waals surface area contributed by atoms with Gasteiger partial charge in [0, 0.05) is 69.7 Å². The van der Waals surface area contributed by atoms with Gasteiger partial charge in [0.15, 0.2) is 0 Å². The molecule has 0 atom stereocenters. The number of rotatable bonds is 0. The molecule has 0 saturated heterocycles. The van der Waals surface area contributed by atoms with Gasteiger partial charge in [-0.3, -0.25) is 0 Å². The van der Waals surface area contributed by atoms with Crippen molar-refractivity contribution in [3.05, 3.63) is 0 Å². The summed E-state index contributed by atoms with van der Waals surface area (Å²) < 4.78 is 0. The van der Waals surface area contributed by atoms with E-state index in [1.165, 1.54) is 0 Å². The molecule has 3 radical (unpaired) electrons. The van der Waals surface area contributed by atoms with Gasteiger partial charge in [0.25, 0.3) is 0 Å². The molecule has 0 aromatic heterocycles. The molecule has 0 bridgehead atoms. The predicted octanol–water partition coefficient (Wildman–Crippen LogP) is -3.49. The molecule has 0 rings (SSSR count). The Balaban J connectivity index is 0. The van der Waals surface area contributed by atoms with Gasteiger partial charge in [-0.15, -0.1) is 0 Å². The van der Waals surface area contributed by atoms with E-state index in [0.717, 1.165) is 0 Å². The summed E-state index contributed by atoms with van der Waals surface area (Å²) in [6.45, 7) is 0. The van der Waals surface area contributed by atoms with Crippen LogP contribution in [0.2, 0.25) is 0 Å². The summed E-state index contributed by atoms with van der Waals surface area (Å²) in [4.78, 5) is 0. The molecule has 0 aliphatic carbocycles. The summed E-state index contributed by atoms with van der Waals surface area (Å²) >= 11 is 0. The maximum absolute atomic E-state index is 0. The van der Waals surface area contributed by atoms with Crippen LogP contribution in [0.3, 0.4) is 0 Å². The molecule has 0 saturated carbocycles. The van der Waals surface area contributed by atoms with Crippen molar-refractivity contribution in [3.63, 3.8) is 0 Å². The molecule has 0 aromatic carbocycles. The van der Waals surface area contributed by atoms with Gasteiger partial charge in [-0.1, -0.05) is 0 Å². The Bertz CT molecular complexity index is 15.7. The van der Waals surface area contributed by atoms with Crippen molar-refractivity contribution in [2.75, 3.05) is 0 Å². The minimum atomic E-state index is 0. The van der Waals surface area contributed by atoms with Crippen LogP contribution in [-0.2, 0) is 34.1 Å². The molecule has 2 nitrogen and oxygen atoms in total. The van der Waals surface area contributed by atoms with Gasteiger partial charge in [-0.05, 0) is 0 Å². The van der Waals surface area contributed by atoms with Gasteiger partial charge in [0.1, 0.15) is 0 Å². The van der Waals surface area contributed by atoms with Crippen molar-refractivity contribution in [3.8, 4) is 0 Å². The van der Waals surface area contributed by atoms with E-state index in [2.05, 4.69) is 0 Å². The summed E-state index contributed by atoms with van der Waals surface area (Å²) in [7, 11) is 0. The Kier molecular flexibility index (Phi) is 375. The van der Waals surface area contributed by atoms with Crippen LogP contribution >= 0.6 is 0 Å². The van der Waals surface area contributed by atoms with E-state index in [-0.39, 0.29) is 164 Å². The first-order chi connectivity index (χ1) is 0. The van der Waals surface area contributed by atoms with Gasteiger partial charge in [-0.25, -0.2) is 0 Å². The fraction of sp³-hybridized carbons (Fsp3) is 0. The van der Waals surface area contributed by atoms with Crippen molar-refractivity contribution in [1.29, 1.82) is 0 Å². The quantitative estimate of drug-likeness (QED) is 0.368. The molecule has 0 spiro atoms. The van der Waals surface area contributed by atoms with E-state index in [0.29, 0.717) is 0 Å². The molecule has 0 amide bonds. The molecule has 0 fully saturated rings. The zero-order chi connectivity index (χ0) is 0. The van der Waals surface area contributed by atoms with Gasteiger partial charge in [-0.2, -0.15) is 0 Å². The van der Waals surface area contributed by atoms with Gasteiger partial charge < -0.3 is 11.0 Å². The molecular weight excluding hydrogens is 408 g/mol. The van der Waals surface area contributed by atoms with Gasteiger partial charge >= 0.3 is 83.2 Å². The second-order valence-corrected chi connectivity index (χ2v) is 0. The second kappa shape index (κ2) is 44.5. The first-order valence-corrected chi connectivity index (χ1v) is 0. The Morgan fingerprint density at radius 1 is 0.714 bits per heavy atom. The van der Waals surface area contributed by atoms with Crippen LogP contribution in [0.15, 0.2) is 0 Å². The molecule has 41 valence electrons. The fourth-order valence-electron chi connectivity index (χ4n) is 0. The maximum atomic E-state index is 0. The van der Waals surface area contributed by atoms with Crippen molar-refractivity contribution >= 4 is 83.2 Å². The Morgan fingerprint density at radius 2 is 0.714 bits per heavy atom. The van der Waals surface area contributed by atoms with Crippen LogP contribution in [0.5, 0.6) is 0 Å². The number of hydrogen-bond acceptors (Lipinski definition) is 0. The van der Waals surface area contributed by atoms with E-state index in [1.54, 1.807) is 0 Å². The monoisotopic (exact) mass is 417 g/mol. The van der Waals surface area contributed by atoms with E-state index in [1.807, 2.05) is 0 Å². The Hall–Kier alpha value is 4.89. The Labute approximate surface area is 159 Å². The van der Waals surface area contributed by atoms with Crippen LogP contribution in [0.4, 0.5) is 0 Å². The standard InChI is InChI=1S/Ca.La.2Mn.2H2O.Sr.4H/h;;;;2*1H2;;;;;. The molecule has 0 aromatic rings. The summed E-state index contributed by atoms with van der Waals surface area (Å²) in [5, 5.41) is 0. The van der Waals surface area contributed by atoms with Gasteiger partial charge in [0.2, 0.25) is 0 Å². The predicted molar refractivity (Wildman–Crippen MR) is 24.3 cm³/mol. The van der Waals surface area contributed by atoms with Crippen LogP contribution in [-0.4, -0.2) is 94.2 Å². The Morgan fingerprint density at radius 3 is 0.714 bits per heavy atom. The molecular formula is H8CaLaMn2O2Sr. The second-order valence-electron chi connectivity index (χ2n) is 0. The minimum absolute atomic E-state index is 0. The normalized spacial score (nSPS) is 0. The van der Waals surface area contributed by atoms with Crippen LogP contribution in [0.25, 0.3) is 0 Å². The first kappa shape index (κ1) is 58.9. The van der Waals surface area contributed by atoms with Crippen LogP contribution < -0.4 is 0 Å². The molecule has 0 heterocycles. The molecule has 7 heteroatoms. The van der Waals surface area contributed by atoms with Crippen molar-refractivity contribution in [2.45, 2.75) is 0 Å². The average Bonchev–Trinajstić information content (AvgIpc) is 0. The van der Waals surface area contributed by atoms with E-state index in [9.17, 15) is 0 Å². The third-order valence-corrected chi connectivity index (χ3v) is 0. The molecule has 0 aliphatic rings. The zero-order valence-corrected chi connectivity index (χ0v) is 8.32. The zero-order valence-electron chi connectivity index (χ0n) is 2.33. The topological polar surface area (TPSA) is 63.0 Å². The summed E-state index contributed by atoms with van der Waals surface area (Å²) in [5.74, 6) is 0. The van der Waals surface area contributed by atoms with Crippen molar-refractivity contribution in [1.82, 2.24) is 0 Å².